The molecule has 1 atom stereocenters. The quantitative estimate of drug-likeness (QED) is 0.463. The van der Waals surface area contributed by atoms with Gasteiger partial charge in [0.2, 0.25) is 0 Å². The molecule has 1 rings (SSSR count). The van der Waals surface area contributed by atoms with Gasteiger partial charge in [0.25, 0.3) is 5.91 Å². The zero-order valence-electron chi connectivity index (χ0n) is 18.1. The van der Waals surface area contributed by atoms with Crippen LogP contribution in [0.15, 0.2) is 24.3 Å². The van der Waals surface area contributed by atoms with Crippen molar-refractivity contribution in [1.29, 1.82) is 0 Å². The molecular weight excluding hydrogens is 392 g/mol. The molecule has 1 aromatic carbocycles. The van der Waals surface area contributed by atoms with Gasteiger partial charge in [0.05, 0.1) is 13.2 Å². The first-order valence-electron chi connectivity index (χ1n) is 9.79. The highest BCUT2D eigenvalue weighted by atomic mass is 16.6. The number of esters is 2. The van der Waals surface area contributed by atoms with E-state index in [0.717, 1.165) is 0 Å². The van der Waals surface area contributed by atoms with Crippen LogP contribution in [0.5, 0.6) is 0 Å². The highest BCUT2D eigenvalue weighted by molar-refractivity contribution is 5.97. The Hall–Kier alpha value is -3.10. The fraction of sp³-hybridized carbons (Fsp3) is 0.524. The minimum absolute atomic E-state index is 0.0314. The summed E-state index contributed by atoms with van der Waals surface area (Å²) in [5.74, 6) is -1.60. The predicted molar refractivity (Wildman–Crippen MR) is 110 cm³/mol. The molecule has 0 saturated carbocycles. The van der Waals surface area contributed by atoms with Crippen LogP contribution >= 0.6 is 0 Å². The van der Waals surface area contributed by atoms with Gasteiger partial charge < -0.3 is 19.5 Å². The maximum atomic E-state index is 12.5. The van der Waals surface area contributed by atoms with Crippen molar-refractivity contribution in [2.75, 3.05) is 18.5 Å². The van der Waals surface area contributed by atoms with E-state index in [-0.39, 0.29) is 31.6 Å². The van der Waals surface area contributed by atoms with Crippen molar-refractivity contribution in [2.45, 2.75) is 59.1 Å². The molecule has 9 nitrogen and oxygen atoms in total. The Labute approximate surface area is 176 Å². The topological polar surface area (TPSA) is 120 Å². The van der Waals surface area contributed by atoms with E-state index in [1.54, 1.807) is 34.6 Å². The minimum Gasteiger partial charge on any atom is -0.466 e. The molecule has 2 N–H and O–H groups in total. The van der Waals surface area contributed by atoms with Crippen molar-refractivity contribution in [3.8, 4) is 0 Å². The zero-order chi connectivity index (χ0) is 22.7. The number of carbonyl (C=O) groups is 4. The van der Waals surface area contributed by atoms with E-state index < -0.39 is 35.6 Å². The van der Waals surface area contributed by atoms with Crippen LogP contribution in [-0.2, 0) is 23.8 Å². The summed E-state index contributed by atoms with van der Waals surface area (Å²) in [5, 5.41) is 5.14. The van der Waals surface area contributed by atoms with E-state index in [1.165, 1.54) is 24.3 Å². The molecule has 1 aromatic rings. The summed E-state index contributed by atoms with van der Waals surface area (Å²) in [4.78, 5) is 48.0. The van der Waals surface area contributed by atoms with Crippen LogP contribution in [0.4, 0.5) is 10.5 Å². The average molecular weight is 422 g/mol. The molecule has 0 bridgehead atoms. The molecular formula is C21H30N2O7. The third kappa shape index (κ3) is 9.40. The molecule has 0 aromatic heterocycles. The highest BCUT2D eigenvalue weighted by Gasteiger charge is 2.24. The zero-order valence-corrected chi connectivity index (χ0v) is 18.1. The van der Waals surface area contributed by atoms with Crippen LogP contribution in [-0.4, -0.2) is 48.8 Å². The second-order valence-corrected chi connectivity index (χ2v) is 7.33. The first-order chi connectivity index (χ1) is 14.1. The minimum atomic E-state index is -0.985. The van der Waals surface area contributed by atoms with Gasteiger partial charge in [-0.25, -0.2) is 9.59 Å². The molecule has 30 heavy (non-hydrogen) atoms. The van der Waals surface area contributed by atoms with Crippen molar-refractivity contribution < 1.29 is 33.4 Å². The number of hydrogen-bond acceptors (Lipinski definition) is 7. The average Bonchev–Trinajstić information content (AvgIpc) is 2.64. The predicted octanol–water partition coefficient (Wildman–Crippen LogP) is 3.04. The summed E-state index contributed by atoms with van der Waals surface area (Å²) in [6, 6.07) is 5.08. The maximum absolute atomic E-state index is 12.5. The fourth-order valence-electron chi connectivity index (χ4n) is 2.36. The SMILES string of the molecule is CCOC(=O)CC[C@H](NC(=O)c1ccc(NC(=O)OC(C)(C)C)cc1)C(=O)OCC. The summed E-state index contributed by atoms with van der Waals surface area (Å²) < 4.78 is 15.0. The van der Waals surface area contributed by atoms with Gasteiger partial charge in [0.15, 0.2) is 0 Å². The Kier molecular flexibility index (Phi) is 9.80. The lowest BCUT2D eigenvalue weighted by Gasteiger charge is -2.19. The Morgan fingerprint density at radius 1 is 0.967 bits per heavy atom. The lowest BCUT2D eigenvalue weighted by Crippen LogP contribution is -2.42. The number of rotatable bonds is 9. The molecule has 0 heterocycles. The number of hydrogen-bond donors (Lipinski definition) is 2. The normalized spacial score (nSPS) is 11.8. The number of ether oxygens (including phenoxy) is 3. The van der Waals surface area contributed by atoms with Crippen LogP contribution in [0.25, 0.3) is 0 Å². The molecule has 166 valence electrons. The highest BCUT2D eigenvalue weighted by Crippen LogP contribution is 2.13. The number of nitrogens with one attached hydrogen (secondary N) is 2. The smallest absolute Gasteiger partial charge is 0.412 e. The summed E-state index contributed by atoms with van der Waals surface area (Å²) in [7, 11) is 0. The Bertz CT molecular complexity index is 739. The van der Waals surface area contributed by atoms with Gasteiger partial charge in [-0.05, 0) is 65.3 Å². The largest absolute Gasteiger partial charge is 0.466 e. The van der Waals surface area contributed by atoms with Gasteiger partial charge in [-0.2, -0.15) is 0 Å². The lowest BCUT2D eigenvalue weighted by atomic mass is 10.1. The van der Waals surface area contributed by atoms with Crippen molar-refractivity contribution in [3.05, 3.63) is 29.8 Å². The molecule has 0 unspecified atom stereocenters. The third-order valence-corrected chi connectivity index (χ3v) is 3.61. The van der Waals surface area contributed by atoms with Gasteiger partial charge >= 0.3 is 18.0 Å². The van der Waals surface area contributed by atoms with Gasteiger partial charge in [-0.1, -0.05) is 0 Å². The summed E-state index contributed by atoms with van der Waals surface area (Å²) in [5.41, 5.74) is 0.0930. The number of benzene rings is 1. The maximum Gasteiger partial charge on any atom is 0.412 e. The Morgan fingerprint density at radius 2 is 1.57 bits per heavy atom. The number of anilines is 1. The summed E-state index contributed by atoms with van der Waals surface area (Å²) in [6.45, 7) is 8.97. The van der Waals surface area contributed by atoms with E-state index in [2.05, 4.69) is 10.6 Å². The number of carbonyl (C=O) groups excluding carboxylic acids is 4. The van der Waals surface area contributed by atoms with Crippen LogP contribution in [0.1, 0.15) is 57.8 Å². The van der Waals surface area contributed by atoms with Gasteiger partial charge in [0, 0.05) is 17.7 Å². The van der Waals surface area contributed by atoms with E-state index in [4.69, 9.17) is 14.2 Å². The van der Waals surface area contributed by atoms with Crippen LogP contribution in [0.2, 0.25) is 0 Å². The Morgan fingerprint density at radius 3 is 2.10 bits per heavy atom. The van der Waals surface area contributed by atoms with Crippen molar-refractivity contribution in [1.82, 2.24) is 5.32 Å². The Balaban J connectivity index is 2.74. The van der Waals surface area contributed by atoms with Crippen LogP contribution in [0.3, 0.4) is 0 Å². The summed E-state index contributed by atoms with van der Waals surface area (Å²) >= 11 is 0. The molecule has 2 amide bonds. The van der Waals surface area contributed by atoms with E-state index in [9.17, 15) is 19.2 Å². The van der Waals surface area contributed by atoms with Gasteiger partial charge in [0.1, 0.15) is 11.6 Å². The molecule has 0 radical (unpaired) electrons. The fourth-order valence-corrected chi connectivity index (χ4v) is 2.36. The first-order valence-corrected chi connectivity index (χ1v) is 9.79. The van der Waals surface area contributed by atoms with Crippen molar-refractivity contribution >= 4 is 29.6 Å². The monoisotopic (exact) mass is 422 g/mol. The first kappa shape index (κ1) is 24.9. The van der Waals surface area contributed by atoms with Crippen molar-refractivity contribution in [2.24, 2.45) is 0 Å². The molecule has 0 aliphatic rings. The molecule has 0 aliphatic carbocycles. The summed E-state index contributed by atoms with van der Waals surface area (Å²) in [6.07, 6.45) is -0.584. The lowest BCUT2D eigenvalue weighted by molar-refractivity contribution is -0.146. The van der Waals surface area contributed by atoms with E-state index >= 15 is 0 Å². The molecule has 0 fully saturated rings. The van der Waals surface area contributed by atoms with Crippen LogP contribution in [0, 0.1) is 0 Å². The second kappa shape index (κ2) is 11.8. The molecule has 0 saturated heterocycles. The molecule has 9 heteroatoms. The third-order valence-electron chi connectivity index (χ3n) is 3.61. The molecule has 0 aliphatic heterocycles. The van der Waals surface area contributed by atoms with Gasteiger partial charge in [-0.3, -0.25) is 14.9 Å². The molecule has 0 spiro atoms. The van der Waals surface area contributed by atoms with E-state index in [0.29, 0.717) is 5.69 Å². The number of amides is 2. The standard InChI is InChI=1S/C21H30N2O7/c1-6-28-17(24)13-12-16(19(26)29-7-2)23-18(25)14-8-10-15(11-9-14)22-20(27)30-21(3,4)5/h8-11,16H,6-7,12-13H2,1-5H3,(H,22,27)(H,23,25)/t16-/m0/s1. The van der Waals surface area contributed by atoms with Crippen molar-refractivity contribution in [3.63, 3.8) is 0 Å². The van der Waals surface area contributed by atoms with Gasteiger partial charge in [-0.15, -0.1) is 0 Å². The van der Waals surface area contributed by atoms with E-state index in [1.807, 2.05) is 0 Å². The van der Waals surface area contributed by atoms with Crippen LogP contribution < -0.4 is 10.6 Å². The second-order valence-electron chi connectivity index (χ2n) is 7.33.